The number of aromatic amines is 1. The summed E-state index contributed by atoms with van der Waals surface area (Å²) in [6.07, 6.45) is 6.71. The summed E-state index contributed by atoms with van der Waals surface area (Å²) < 4.78 is 1.90. The number of nitrogens with zero attached hydrogens (tertiary/aromatic N) is 3. The fraction of sp³-hybridized carbons (Fsp3) is 0.300. The van der Waals surface area contributed by atoms with E-state index in [1.54, 1.807) is 6.20 Å². The lowest BCUT2D eigenvalue weighted by atomic mass is 9.98. The van der Waals surface area contributed by atoms with Gasteiger partial charge < -0.3 is 15.6 Å². The van der Waals surface area contributed by atoms with E-state index in [0.29, 0.717) is 17.1 Å². The maximum absolute atomic E-state index is 6.72. The van der Waals surface area contributed by atoms with Gasteiger partial charge in [-0.2, -0.15) is 0 Å². The number of halogens is 1. The second-order valence-corrected chi connectivity index (χ2v) is 7.67. The summed E-state index contributed by atoms with van der Waals surface area (Å²) in [6.45, 7) is 4.24. The van der Waals surface area contributed by atoms with Crippen LogP contribution in [0.3, 0.4) is 0 Å². The van der Waals surface area contributed by atoms with Gasteiger partial charge in [0.2, 0.25) is 0 Å². The molecule has 7 heteroatoms. The molecule has 2 atom stereocenters. The van der Waals surface area contributed by atoms with E-state index in [-0.39, 0.29) is 0 Å². The number of imidazole rings is 1. The number of aromatic nitrogens is 4. The predicted octanol–water partition coefficient (Wildman–Crippen LogP) is 3.94. The molecule has 4 heterocycles. The highest BCUT2D eigenvalue weighted by Gasteiger charge is 2.22. The minimum absolute atomic E-state index is 0.318. The van der Waals surface area contributed by atoms with Gasteiger partial charge in [-0.05, 0) is 24.9 Å². The molecule has 1 aromatic carbocycles. The Morgan fingerprint density at radius 3 is 3.04 bits per heavy atom. The zero-order valence-corrected chi connectivity index (χ0v) is 15.8. The Kier molecular flexibility index (Phi) is 4.02. The van der Waals surface area contributed by atoms with Crippen molar-refractivity contribution in [3.63, 3.8) is 0 Å². The lowest BCUT2D eigenvalue weighted by molar-refractivity contribution is 0.378. The van der Waals surface area contributed by atoms with Crippen molar-refractivity contribution in [1.29, 1.82) is 0 Å². The lowest BCUT2D eigenvalue weighted by Crippen LogP contribution is -2.42. The van der Waals surface area contributed by atoms with Crippen LogP contribution in [0.15, 0.2) is 42.9 Å². The van der Waals surface area contributed by atoms with Gasteiger partial charge in [0.15, 0.2) is 11.5 Å². The van der Waals surface area contributed by atoms with Crippen LogP contribution in [-0.4, -0.2) is 38.5 Å². The number of anilines is 1. The quantitative estimate of drug-likeness (QED) is 0.503. The standard InChI is InChI=1S/C20H21ClN6/c1-12-8-13(10-22-9-12)25-19-20-23-6-7-27(20)18(21)17(26-19)15-11-24-16-5-3-2-4-14(15)16/h2-7,11-13,22,24H,8-10H2,1H3,(H,25,26)/t12-,13?/m1/s1. The number of piperidine rings is 1. The molecule has 1 unspecified atom stereocenters. The molecule has 0 amide bonds. The van der Waals surface area contributed by atoms with E-state index in [1.807, 2.05) is 28.9 Å². The second-order valence-electron chi connectivity index (χ2n) is 7.31. The van der Waals surface area contributed by atoms with E-state index in [4.69, 9.17) is 16.6 Å². The first kappa shape index (κ1) is 16.6. The summed E-state index contributed by atoms with van der Waals surface area (Å²) in [5.41, 5.74) is 3.56. The predicted molar refractivity (Wildman–Crippen MR) is 109 cm³/mol. The van der Waals surface area contributed by atoms with Crippen LogP contribution in [0.5, 0.6) is 0 Å². The van der Waals surface area contributed by atoms with E-state index < -0.39 is 0 Å². The van der Waals surface area contributed by atoms with E-state index in [2.05, 4.69) is 39.7 Å². The number of hydrogen-bond acceptors (Lipinski definition) is 4. The maximum Gasteiger partial charge on any atom is 0.181 e. The first-order valence-electron chi connectivity index (χ1n) is 9.27. The van der Waals surface area contributed by atoms with Gasteiger partial charge in [0.1, 0.15) is 10.8 Å². The van der Waals surface area contributed by atoms with Crippen LogP contribution in [0.4, 0.5) is 5.82 Å². The van der Waals surface area contributed by atoms with Crippen molar-refractivity contribution in [3.05, 3.63) is 48.0 Å². The Hall–Kier alpha value is -2.57. The first-order valence-corrected chi connectivity index (χ1v) is 9.65. The van der Waals surface area contributed by atoms with Crippen molar-refractivity contribution in [3.8, 4) is 11.3 Å². The van der Waals surface area contributed by atoms with Crippen LogP contribution in [0, 0.1) is 5.92 Å². The average Bonchev–Trinajstić information content (AvgIpc) is 3.32. The highest BCUT2D eigenvalue weighted by Crippen LogP contribution is 2.34. The molecule has 1 aliphatic rings. The Morgan fingerprint density at radius 2 is 2.15 bits per heavy atom. The van der Waals surface area contributed by atoms with Crippen molar-refractivity contribution < 1.29 is 0 Å². The van der Waals surface area contributed by atoms with E-state index in [1.165, 1.54) is 0 Å². The van der Waals surface area contributed by atoms with Crippen molar-refractivity contribution in [2.45, 2.75) is 19.4 Å². The molecule has 138 valence electrons. The van der Waals surface area contributed by atoms with Crippen molar-refractivity contribution in [1.82, 2.24) is 24.7 Å². The fourth-order valence-corrected chi connectivity index (χ4v) is 4.23. The number of rotatable bonds is 3. The van der Waals surface area contributed by atoms with Crippen LogP contribution in [0.1, 0.15) is 13.3 Å². The Bertz CT molecular complexity index is 1110. The molecule has 0 spiro atoms. The molecule has 4 aromatic rings. The summed E-state index contributed by atoms with van der Waals surface area (Å²) in [4.78, 5) is 12.7. The largest absolute Gasteiger partial charge is 0.363 e. The van der Waals surface area contributed by atoms with Crippen LogP contribution in [-0.2, 0) is 0 Å². The zero-order chi connectivity index (χ0) is 18.4. The summed E-state index contributed by atoms with van der Waals surface area (Å²) in [5.74, 6) is 1.40. The van der Waals surface area contributed by atoms with E-state index >= 15 is 0 Å². The highest BCUT2D eigenvalue weighted by molar-refractivity contribution is 6.32. The third-order valence-corrected chi connectivity index (χ3v) is 5.60. The van der Waals surface area contributed by atoms with E-state index in [0.717, 1.165) is 53.1 Å². The Labute approximate surface area is 162 Å². The molecule has 0 bridgehead atoms. The summed E-state index contributed by atoms with van der Waals surface area (Å²) >= 11 is 6.72. The number of hydrogen-bond donors (Lipinski definition) is 3. The van der Waals surface area contributed by atoms with Crippen molar-refractivity contribution in [2.75, 3.05) is 18.4 Å². The molecule has 3 N–H and O–H groups in total. The van der Waals surface area contributed by atoms with Gasteiger partial charge in [0.05, 0.1) is 0 Å². The van der Waals surface area contributed by atoms with Gasteiger partial charge in [0, 0.05) is 47.6 Å². The van der Waals surface area contributed by atoms with E-state index in [9.17, 15) is 0 Å². The molecule has 3 aromatic heterocycles. The normalized spacial score (nSPS) is 20.4. The van der Waals surface area contributed by atoms with Gasteiger partial charge in [-0.1, -0.05) is 36.7 Å². The van der Waals surface area contributed by atoms with Crippen molar-refractivity contribution >= 4 is 34.0 Å². The fourth-order valence-electron chi connectivity index (χ4n) is 3.95. The molecule has 5 rings (SSSR count). The molecular formula is C20H21ClN6. The number of H-pyrrole nitrogens is 1. The van der Waals surface area contributed by atoms with Crippen LogP contribution in [0.25, 0.3) is 27.8 Å². The first-order chi connectivity index (χ1) is 13.2. The molecule has 1 saturated heterocycles. The van der Waals surface area contributed by atoms with Gasteiger partial charge >= 0.3 is 0 Å². The van der Waals surface area contributed by atoms with Gasteiger partial charge in [-0.25, -0.2) is 9.97 Å². The minimum Gasteiger partial charge on any atom is -0.363 e. The molecule has 27 heavy (non-hydrogen) atoms. The third kappa shape index (κ3) is 2.85. The monoisotopic (exact) mass is 380 g/mol. The molecule has 0 saturated carbocycles. The molecule has 1 aliphatic heterocycles. The third-order valence-electron chi connectivity index (χ3n) is 5.24. The SMILES string of the molecule is C[C@H]1CNCC(Nc2nc(-c3c[nH]c4ccccc34)c(Cl)n3ccnc23)C1. The minimum atomic E-state index is 0.318. The van der Waals surface area contributed by atoms with Gasteiger partial charge in [-0.15, -0.1) is 0 Å². The van der Waals surface area contributed by atoms with Crippen LogP contribution < -0.4 is 10.6 Å². The second kappa shape index (κ2) is 6.55. The van der Waals surface area contributed by atoms with Gasteiger partial charge in [-0.3, -0.25) is 4.40 Å². The average molecular weight is 381 g/mol. The molecule has 1 fully saturated rings. The Balaban J connectivity index is 1.64. The molecular weight excluding hydrogens is 360 g/mol. The van der Waals surface area contributed by atoms with Gasteiger partial charge in [0.25, 0.3) is 0 Å². The van der Waals surface area contributed by atoms with Crippen LogP contribution in [0.2, 0.25) is 5.15 Å². The summed E-state index contributed by atoms with van der Waals surface area (Å²) in [6, 6.07) is 8.49. The number of para-hydroxylation sites is 1. The number of fused-ring (bicyclic) bond motifs is 2. The summed E-state index contributed by atoms with van der Waals surface area (Å²) in [7, 11) is 0. The number of benzene rings is 1. The smallest absolute Gasteiger partial charge is 0.181 e. The zero-order valence-electron chi connectivity index (χ0n) is 15.0. The molecule has 6 nitrogen and oxygen atoms in total. The Morgan fingerprint density at radius 1 is 1.26 bits per heavy atom. The van der Waals surface area contributed by atoms with Crippen molar-refractivity contribution in [2.24, 2.45) is 5.92 Å². The molecule has 0 radical (unpaired) electrons. The lowest BCUT2D eigenvalue weighted by Gasteiger charge is -2.29. The molecule has 0 aliphatic carbocycles. The number of nitrogens with one attached hydrogen (secondary N) is 3. The van der Waals surface area contributed by atoms with Crippen LogP contribution >= 0.6 is 11.6 Å². The topological polar surface area (TPSA) is 70.0 Å². The maximum atomic E-state index is 6.72. The summed E-state index contributed by atoms with van der Waals surface area (Å²) in [5, 5.41) is 8.73. The highest BCUT2D eigenvalue weighted by atomic mass is 35.5.